The van der Waals surface area contributed by atoms with Gasteiger partial charge in [-0.25, -0.2) is 4.39 Å². The minimum absolute atomic E-state index is 0.0117. The van der Waals surface area contributed by atoms with Gasteiger partial charge in [-0.05, 0) is 48.0 Å². The summed E-state index contributed by atoms with van der Waals surface area (Å²) in [6.07, 6.45) is 0. The minimum atomic E-state index is -0.500. The van der Waals surface area contributed by atoms with Crippen molar-refractivity contribution >= 4 is 0 Å². The van der Waals surface area contributed by atoms with E-state index in [2.05, 4.69) is 16.3 Å². The summed E-state index contributed by atoms with van der Waals surface area (Å²) in [6, 6.07) is 23.4. The molecule has 0 aliphatic carbocycles. The molecule has 0 bridgehead atoms. The Morgan fingerprint density at radius 1 is 1.06 bits per heavy atom. The topological polar surface area (TPSA) is 106 Å². The average molecular weight is 468 g/mol. The number of fused-ring (bicyclic) bond motifs is 1. The first-order valence-corrected chi connectivity index (χ1v) is 10.9. The maximum absolute atomic E-state index is 13.9. The molecular weight excluding hydrogens is 447 g/mol. The van der Waals surface area contributed by atoms with Crippen molar-refractivity contribution in [2.45, 2.75) is 12.5 Å². The molecule has 5 rings (SSSR count). The smallest absolute Gasteiger partial charge is 0.244 e. The first-order valence-electron chi connectivity index (χ1n) is 10.9. The van der Waals surface area contributed by atoms with E-state index in [0.29, 0.717) is 28.5 Å². The monoisotopic (exact) mass is 468 g/mol. The second-order valence-electron chi connectivity index (χ2n) is 7.92. The SMILES string of the molecule is COc1ccc(-c2[nH]nc3c2[C@H](c2ccc(OCc4ccccc4F)cc2)C(C#N)=C(N)O3)cc1. The van der Waals surface area contributed by atoms with E-state index in [-0.39, 0.29) is 23.9 Å². The fourth-order valence-corrected chi connectivity index (χ4v) is 4.09. The van der Waals surface area contributed by atoms with Gasteiger partial charge in [-0.15, -0.1) is 5.10 Å². The second-order valence-corrected chi connectivity index (χ2v) is 7.92. The molecule has 4 aromatic rings. The highest BCUT2D eigenvalue weighted by Crippen LogP contribution is 2.46. The van der Waals surface area contributed by atoms with Crippen molar-refractivity contribution in [3.05, 3.63) is 107 Å². The highest BCUT2D eigenvalue weighted by molar-refractivity contribution is 5.71. The summed E-state index contributed by atoms with van der Waals surface area (Å²) in [5.41, 5.74) is 9.92. The molecule has 1 aromatic heterocycles. The Kier molecular flexibility index (Phi) is 5.81. The first-order chi connectivity index (χ1) is 17.1. The van der Waals surface area contributed by atoms with Gasteiger partial charge in [0, 0.05) is 11.1 Å². The number of allylic oxidation sites excluding steroid dienone is 1. The second kappa shape index (κ2) is 9.23. The summed E-state index contributed by atoms with van der Waals surface area (Å²) >= 11 is 0. The van der Waals surface area contributed by atoms with Crippen LogP contribution in [0.15, 0.2) is 84.3 Å². The van der Waals surface area contributed by atoms with Crippen LogP contribution in [0, 0.1) is 17.1 Å². The van der Waals surface area contributed by atoms with Gasteiger partial charge in [0.05, 0.1) is 24.3 Å². The lowest BCUT2D eigenvalue weighted by atomic mass is 9.83. The van der Waals surface area contributed by atoms with Gasteiger partial charge in [0.2, 0.25) is 11.8 Å². The summed E-state index contributed by atoms with van der Waals surface area (Å²) in [7, 11) is 1.60. The van der Waals surface area contributed by atoms with Crippen LogP contribution in [0.25, 0.3) is 11.3 Å². The number of nitrogens with one attached hydrogen (secondary N) is 1. The summed E-state index contributed by atoms with van der Waals surface area (Å²) in [5.74, 6) is 0.810. The summed E-state index contributed by atoms with van der Waals surface area (Å²) in [5, 5.41) is 17.2. The van der Waals surface area contributed by atoms with Crippen molar-refractivity contribution in [3.63, 3.8) is 0 Å². The van der Waals surface area contributed by atoms with E-state index in [4.69, 9.17) is 19.9 Å². The Bertz CT molecular complexity index is 1440. The highest BCUT2D eigenvalue weighted by atomic mass is 19.1. The Balaban J connectivity index is 1.48. The lowest BCUT2D eigenvalue weighted by molar-refractivity contribution is 0.300. The average Bonchev–Trinajstić information content (AvgIpc) is 3.31. The molecule has 1 atom stereocenters. The number of aromatic amines is 1. The van der Waals surface area contributed by atoms with Gasteiger partial charge in [0.1, 0.15) is 35.6 Å². The number of ether oxygens (including phenoxy) is 3. The third-order valence-corrected chi connectivity index (χ3v) is 5.88. The molecule has 1 aliphatic heterocycles. The molecule has 3 N–H and O–H groups in total. The molecule has 0 saturated heterocycles. The van der Waals surface area contributed by atoms with E-state index in [1.165, 1.54) is 6.07 Å². The van der Waals surface area contributed by atoms with Crippen LogP contribution in [0.4, 0.5) is 4.39 Å². The van der Waals surface area contributed by atoms with Gasteiger partial charge in [-0.1, -0.05) is 30.3 Å². The fraction of sp³-hybridized carbons (Fsp3) is 0.111. The molecule has 174 valence electrons. The van der Waals surface area contributed by atoms with Crippen molar-refractivity contribution in [1.82, 2.24) is 10.2 Å². The predicted molar refractivity (Wildman–Crippen MR) is 127 cm³/mol. The number of aromatic nitrogens is 2. The zero-order valence-corrected chi connectivity index (χ0v) is 18.8. The van der Waals surface area contributed by atoms with E-state index in [0.717, 1.165) is 16.9 Å². The van der Waals surface area contributed by atoms with E-state index in [9.17, 15) is 9.65 Å². The lowest BCUT2D eigenvalue weighted by Crippen LogP contribution is -2.21. The molecule has 0 unspecified atom stereocenters. The molecule has 0 spiro atoms. The van der Waals surface area contributed by atoms with E-state index in [1.807, 2.05) is 36.4 Å². The number of benzene rings is 3. The fourth-order valence-electron chi connectivity index (χ4n) is 4.09. The van der Waals surface area contributed by atoms with Gasteiger partial charge in [0.25, 0.3) is 0 Å². The number of nitrogens with two attached hydrogens (primary N) is 1. The standard InChI is InChI=1S/C27H21FN4O3/c1-33-19-10-8-17(9-11-19)25-24-23(21(14-29)26(30)35-27(24)32-31-25)16-6-12-20(13-7-16)34-15-18-4-2-3-5-22(18)28/h2-13,23H,15,30H2,1H3,(H,31,32)/t23-/m1/s1. The van der Waals surface area contributed by atoms with Crippen LogP contribution in [-0.4, -0.2) is 17.3 Å². The molecule has 7 nitrogen and oxygen atoms in total. The van der Waals surface area contributed by atoms with Crippen molar-refractivity contribution in [1.29, 1.82) is 5.26 Å². The zero-order valence-electron chi connectivity index (χ0n) is 18.8. The molecule has 35 heavy (non-hydrogen) atoms. The molecule has 3 aromatic carbocycles. The van der Waals surface area contributed by atoms with Crippen LogP contribution in [0.3, 0.4) is 0 Å². The molecule has 0 saturated carbocycles. The number of hydrogen-bond donors (Lipinski definition) is 2. The molecule has 8 heteroatoms. The Hall–Kier alpha value is -4.77. The summed E-state index contributed by atoms with van der Waals surface area (Å²) < 4.78 is 30.6. The first kappa shape index (κ1) is 22.0. The van der Waals surface area contributed by atoms with Crippen LogP contribution in [-0.2, 0) is 6.61 Å². The zero-order chi connectivity index (χ0) is 24.4. The Morgan fingerprint density at radius 2 is 1.77 bits per heavy atom. The van der Waals surface area contributed by atoms with E-state index in [1.54, 1.807) is 37.4 Å². The third-order valence-electron chi connectivity index (χ3n) is 5.88. The van der Waals surface area contributed by atoms with Crippen LogP contribution in [0.1, 0.15) is 22.6 Å². The van der Waals surface area contributed by atoms with E-state index >= 15 is 0 Å². The third kappa shape index (κ3) is 4.15. The van der Waals surface area contributed by atoms with Gasteiger partial charge >= 0.3 is 0 Å². The number of hydrogen-bond acceptors (Lipinski definition) is 6. The maximum atomic E-state index is 13.9. The summed E-state index contributed by atoms with van der Waals surface area (Å²) in [4.78, 5) is 0. The largest absolute Gasteiger partial charge is 0.497 e. The lowest BCUT2D eigenvalue weighted by Gasteiger charge is -2.24. The Labute approximate surface area is 201 Å². The highest BCUT2D eigenvalue weighted by Gasteiger charge is 2.35. The number of nitrogens with zero attached hydrogens (tertiary/aromatic N) is 2. The van der Waals surface area contributed by atoms with Crippen molar-refractivity contribution in [2.75, 3.05) is 7.11 Å². The number of methoxy groups -OCH3 is 1. The van der Waals surface area contributed by atoms with Gasteiger partial charge in [-0.2, -0.15) is 5.26 Å². The number of nitriles is 1. The van der Waals surface area contributed by atoms with Gasteiger partial charge in [-0.3, -0.25) is 5.10 Å². The van der Waals surface area contributed by atoms with Crippen LogP contribution in [0.2, 0.25) is 0 Å². The molecule has 0 amide bonds. The van der Waals surface area contributed by atoms with Crippen LogP contribution >= 0.6 is 0 Å². The number of H-pyrrole nitrogens is 1. The van der Waals surface area contributed by atoms with E-state index < -0.39 is 5.92 Å². The summed E-state index contributed by atoms with van der Waals surface area (Å²) in [6.45, 7) is 0.104. The maximum Gasteiger partial charge on any atom is 0.244 e. The molecular formula is C27H21FN4O3. The normalized spacial score (nSPS) is 14.6. The van der Waals surface area contributed by atoms with Crippen LogP contribution in [0.5, 0.6) is 17.4 Å². The number of halogens is 1. The van der Waals surface area contributed by atoms with Gasteiger partial charge < -0.3 is 19.9 Å². The molecule has 0 fully saturated rings. The Morgan fingerprint density at radius 3 is 2.46 bits per heavy atom. The van der Waals surface area contributed by atoms with Crippen molar-refractivity contribution in [3.8, 4) is 34.7 Å². The molecule has 1 aliphatic rings. The minimum Gasteiger partial charge on any atom is -0.497 e. The van der Waals surface area contributed by atoms with Crippen LogP contribution < -0.4 is 19.9 Å². The van der Waals surface area contributed by atoms with Crippen molar-refractivity contribution in [2.24, 2.45) is 5.73 Å². The van der Waals surface area contributed by atoms with Crippen molar-refractivity contribution < 1.29 is 18.6 Å². The molecule has 0 radical (unpaired) electrons. The molecule has 2 heterocycles. The number of rotatable bonds is 6. The predicted octanol–water partition coefficient (Wildman–Crippen LogP) is 5.02. The quantitative estimate of drug-likeness (QED) is 0.412. The van der Waals surface area contributed by atoms with Gasteiger partial charge in [0.15, 0.2) is 0 Å².